The lowest BCUT2D eigenvalue weighted by Crippen LogP contribution is -2.57. The van der Waals surface area contributed by atoms with E-state index in [0.29, 0.717) is 19.4 Å². The molecule has 1 aromatic carbocycles. The van der Waals surface area contributed by atoms with E-state index in [1.54, 1.807) is 24.3 Å². The predicted octanol–water partition coefficient (Wildman–Crippen LogP) is -2.29. The number of amides is 3. The Morgan fingerprint density at radius 1 is 1.00 bits per heavy atom. The van der Waals surface area contributed by atoms with Crippen LogP contribution in [0.25, 0.3) is 0 Å². The number of rotatable bonds is 14. The van der Waals surface area contributed by atoms with E-state index in [-0.39, 0.29) is 18.1 Å². The van der Waals surface area contributed by atoms with Crippen LogP contribution in [0.4, 0.5) is 0 Å². The first-order chi connectivity index (χ1) is 15.6. The molecule has 0 aliphatic rings. The lowest BCUT2D eigenvalue weighted by molar-refractivity contribution is -0.138. The number of nitrogens with one attached hydrogen (secondary N) is 3. The third-order valence-corrected chi connectivity index (χ3v) is 4.81. The molecule has 33 heavy (non-hydrogen) atoms. The van der Waals surface area contributed by atoms with Crippen LogP contribution in [-0.4, -0.2) is 71.7 Å². The number of hydrogen-bond acceptors (Lipinski definition) is 7. The van der Waals surface area contributed by atoms with Crippen LogP contribution < -0.4 is 33.2 Å². The van der Waals surface area contributed by atoms with Crippen LogP contribution >= 0.6 is 12.6 Å². The number of carboxylic acids is 1. The number of carbonyl (C=O) groups excluding carboxylic acids is 3. The average molecular weight is 482 g/mol. The molecule has 3 atom stereocenters. The van der Waals surface area contributed by atoms with Crippen LogP contribution in [0.3, 0.4) is 0 Å². The Hall–Kier alpha value is -3.32. The minimum Gasteiger partial charge on any atom is -0.480 e. The number of carbonyl (C=O) groups is 4. The maximum atomic E-state index is 12.9. The Morgan fingerprint density at radius 2 is 1.64 bits per heavy atom. The zero-order chi connectivity index (χ0) is 24.8. The van der Waals surface area contributed by atoms with E-state index in [4.69, 9.17) is 22.3 Å². The van der Waals surface area contributed by atoms with Crippen LogP contribution in [0.1, 0.15) is 18.4 Å². The highest BCUT2D eigenvalue weighted by molar-refractivity contribution is 7.80. The van der Waals surface area contributed by atoms with Gasteiger partial charge in [-0.25, -0.2) is 0 Å². The molecule has 0 aliphatic carbocycles. The summed E-state index contributed by atoms with van der Waals surface area (Å²) in [5.41, 5.74) is 17.2. The molecular weight excluding hydrogens is 450 g/mol. The summed E-state index contributed by atoms with van der Waals surface area (Å²) < 4.78 is 0. The van der Waals surface area contributed by atoms with Gasteiger partial charge < -0.3 is 38.3 Å². The SMILES string of the molecule is NC(N)=NCCCC(N)C(=O)NC(Cc1ccccc1)C(=O)NC(CS)C(=O)NCC(=O)O. The monoisotopic (exact) mass is 481 g/mol. The number of nitrogens with zero attached hydrogens (tertiary/aromatic N) is 1. The van der Waals surface area contributed by atoms with E-state index in [1.807, 2.05) is 6.07 Å². The van der Waals surface area contributed by atoms with Crippen molar-refractivity contribution >= 4 is 42.3 Å². The van der Waals surface area contributed by atoms with Gasteiger partial charge in [0, 0.05) is 18.7 Å². The molecule has 1 aromatic rings. The zero-order valence-electron chi connectivity index (χ0n) is 18.1. The van der Waals surface area contributed by atoms with Crippen LogP contribution in [0, 0.1) is 0 Å². The largest absolute Gasteiger partial charge is 0.480 e. The number of hydrogen-bond donors (Lipinski definition) is 8. The Morgan fingerprint density at radius 3 is 2.21 bits per heavy atom. The normalized spacial score (nSPS) is 13.2. The van der Waals surface area contributed by atoms with Crippen LogP contribution in [0.15, 0.2) is 35.3 Å². The van der Waals surface area contributed by atoms with Gasteiger partial charge in [0.2, 0.25) is 17.7 Å². The van der Waals surface area contributed by atoms with Gasteiger partial charge in [-0.05, 0) is 18.4 Å². The third-order valence-electron chi connectivity index (χ3n) is 4.45. The fourth-order valence-electron chi connectivity index (χ4n) is 2.74. The Balaban J connectivity index is 2.84. The van der Waals surface area contributed by atoms with E-state index in [1.165, 1.54) is 0 Å². The summed E-state index contributed by atoms with van der Waals surface area (Å²) in [7, 11) is 0. The zero-order valence-corrected chi connectivity index (χ0v) is 19.0. The van der Waals surface area contributed by atoms with Crippen molar-refractivity contribution in [3.05, 3.63) is 35.9 Å². The Bertz CT molecular complexity index is 833. The van der Waals surface area contributed by atoms with Crippen molar-refractivity contribution in [1.29, 1.82) is 0 Å². The molecule has 10 N–H and O–H groups in total. The highest BCUT2D eigenvalue weighted by atomic mass is 32.1. The molecule has 0 saturated carbocycles. The van der Waals surface area contributed by atoms with Gasteiger partial charge in [0.1, 0.15) is 18.6 Å². The third kappa shape index (κ3) is 11.2. The molecule has 0 aromatic heterocycles. The molecule has 13 heteroatoms. The van der Waals surface area contributed by atoms with E-state index in [0.717, 1.165) is 5.56 Å². The number of thiol groups is 1. The molecular formula is C20H31N7O5S. The fraction of sp³-hybridized carbons (Fsp3) is 0.450. The van der Waals surface area contributed by atoms with Crippen molar-refractivity contribution in [1.82, 2.24) is 16.0 Å². The van der Waals surface area contributed by atoms with Crippen LogP contribution in [0.2, 0.25) is 0 Å². The van der Waals surface area contributed by atoms with Gasteiger partial charge in [0.15, 0.2) is 5.96 Å². The summed E-state index contributed by atoms with van der Waals surface area (Å²) in [6.45, 7) is -0.288. The molecule has 0 heterocycles. The van der Waals surface area contributed by atoms with Crippen molar-refractivity contribution in [2.24, 2.45) is 22.2 Å². The minimum absolute atomic E-state index is 0.0567. The highest BCUT2D eigenvalue weighted by Gasteiger charge is 2.28. The smallest absolute Gasteiger partial charge is 0.322 e. The number of guanidine groups is 1. The van der Waals surface area contributed by atoms with Crippen molar-refractivity contribution in [3.8, 4) is 0 Å². The number of carboxylic acid groups (broad SMARTS) is 1. The first kappa shape index (κ1) is 27.7. The molecule has 0 spiro atoms. The molecule has 3 amide bonds. The van der Waals surface area contributed by atoms with Crippen LogP contribution in [0.5, 0.6) is 0 Å². The second-order valence-corrected chi connectivity index (χ2v) is 7.53. The molecule has 0 fully saturated rings. The quantitative estimate of drug-likeness (QED) is 0.0624. The van der Waals surface area contributed by atoms with Gasteiger partial charge in [-0.3, -0.25) is 24.2 Å². The maximum absolute atomic E-state index is 12.9. The number of aliphatic imine (C=N–C) groups is 1. The average Bonchev–Trinajstić information content (AvgIpc) is 2.78. The summed E-state index contributed by atoms with van der Waals surface area (Å²) >= 11 is 4.05. The number of nitrogens with two attached hydrogens (primary N) is 3. The Labute approximate surface area is 197 Å². The van der Waals surface area contributed by atoms with Gasteiger partial charge in [-0.15, -0.1) is 0 Å². The summed E-state index contributed by atoms with van der Waals surface area (Å²) in [5, 5.41) is 16.0. The standard InChI is InChI=1S/C20H31N7O5S/c21-13(7-4-8-24-20(22)23)17(30)26-14(9-12-5-2-1-3-6-12)19(32)27-15(11-33)18(31)25-10-16(28)29/h1-3,5-6,13-15,33H,4,7-11,21H2,(H,25,31)(H,26,30)(H,27,32)(H,28,29)(H4,22,23,24). The van der Waals surface area contributed by atoms with Crippen molar-refractivity contribution < 1.29 is 24.3 Å². The first-order valence-electron chi connectivity index (χ1n) is 10.2. The second kappa shape index (κ2) is 14.7. The highest BCUT2D eigenvalue weighted by Crippen LogP contribution is 2.06. The lowest BCUT2D eigenvalue weighted by atomic mass is 10.0. The Kier molecular flexibility index (Phi) is 12.3. The van der Waals surface area contributed by atoms with Crippen molar-refractivity contribution in [2.45, 2.75) is 37.4 Å². The molecule has 0 aliphatic heterocycles. The summed E-state index contributed by atoms with van der Waals surface area (Å²) in [5.74, 6) is -3.25. The number of benzene rings is 1. The number of aliphatic carboxylic acids is 1. The first-order valence-corrected chi connectivity index (χ1v) is 10.8. The summed E-state index contributed by atoms with van der Waals surface area (Å²) in [6.07, 6.45) is 0.905. The molecule has 0 bridgehead atoms. The van der Waals surface area contributed by atoms with E-state index >= 15 is 0 Å². The molecule has 0 saturated heterocycles. The van der Waals surface area contributed by atoms with E-state index < -0.39 is 48.4 Å². The van der Waals surface area contributed by atoms with Gasteiger partial charge >= 0.3 is 5.97 Å². The lowest BCUT2D eigenvalue weighted by Gasteiger charge is -2.23. The van der Waals surface area contributed by atoms with Crippen molar-refractivity contribution in [2.75, 3.05) is 18.8 Å². The van der Waals surface area contributed by atoms with Gasteiger partial charge in [0.25, 0.3) is 0 Å². The molecule has 1 rings (SSSR count). The summed E-state index contributed by atoms with van der Waals surface area (Å²) in [6, 6.07) is 5.95. The minimum atomic E-state index is -1.23. The van der Waals surface area contributed by atoms with Gasteiger partial charge in [-0.1, -0.05) is 30.3 Å². The molecule has 12 nitrogen and oxygen atoms in total. The predicted molar refractivity (Wildman–Crippen MR) is 126 cm³/mol. The van der Waals surface area contributed by atoms with Crippen molar-refractivity contribution in [3.63, 3.8) is 0 Å². The van der Waals surface area contributed by atoms with Gasteiger partial charge in [0.05, 0.1) is 6.04 Å². The fourth-order valence-corrected chi connectivity index (χ4v) is 3.00. The maximum Gasteiger partial charge on any atom is 0.322 e. The molecule has 0 radical (unpaired) electrons. The van der Waals surface area contributed by atoms with Gasteiger partial charge in [-0.2, -0.15) is 12.6 Å². The van der Waals surface area contributed by atoms with Crippen LogP contribution in [-0.2, 0) is 25.6 Å². The van der Waals surface area contributed by atoms with E-state index in [2.05, 4.69) is 33.6 Å². The van der Waals surface area contributed by atoms with E-state index in [9.17, 15) is 19.2 Å². The molecule has 182 valence electrons. The topological polar surface area (TPSA) is 215 Å². The summed E-state index contributed by atoms with van der Waals surface area (Å²) in [4.78, 5) is 52.1. The second-order valence-electron chi connectivity index (χ2n) is 7.16. The molecule has 3 unspecified atom stereocenters.